The number of rotatable bonds is 5. The van der Waals surface area contributed by atoms with Crippen molar-refractivity contribution in [3.05, 3.63) is 10.6 Å². The molecule has 7 heteroatoms. The van der Waals surface area contributed by atoms with Gasteiger partial charge in [0.1, 0.15) is 0 Å². The van der Waals surface area contributed by atoms with Crippen LogP contribution in [0.3, 0.4) is 0 Å². The Labute approximate surface area is 110 Å². The third-order valence-electron chi connectivity index (χ3n) is 2.14. The van der Waals surface area contributed by atoms with Crippen LogP contribution in [0, 0.1) is 0 Å². The van der Waals surface area contributed by atoms with E-state index in [0.29, 0.717) is 18.0 Å². The highest BCUT2D eigenvalue weighted by Crippen LogP contribution is 2.26. The average molecular weight is 275 g/mol. The first-order chi connectivity index (χ1) is 8.41. The van der Waals surface area contributed by atoms with Gasteiger partial charge in [-0.1, -0.05) is 0 Å². The molecule has 0 unspecified atom stereocenters. The van der Waals surface area contributed by atoms with Crippen LogP contribution in [0.25, 0.3) is 0 Å². The molecule has 18 heavy (non-hydrogen) atoms. The number of nitrogens with one attached hydrogen (secondary N) is 1. The Bertz CT molecular complexity index is 356. The van der Waals surface area contributed by atoms with Gasteiger partial charge in [-0.25, -0.2) is 9.59 Å². The van der Waals surface area contributed by atoms with Gasteiger partial charge in [-0.2, -0.15) is 0 Å². The van der Waals surface area contributed by atoms with E-state index in [1.165, 1.54) is 25.6 Å². The predicted octanol–water partition coefficient (Wildman–Crippen LogP) is 0.369. The lowest BCUT2D eigenvalue weighted by atomic mass is 10.2. The highest BCUT2D eigenvalue weighted by Gasteiger charge is 2.40. The van der Waals surface area contributed by atoms with Crippen molar-refractivity contribution in [2.24, 2.45) is 0 Å². The molecular weight excluding hydrogens is 258 g/mol. The lowest BCUT2D eigenvalue weighted by Crippen LogP contribution is -2.43. The molecule has 0 bridgehead atoms. The topological polar surface area (TPSA) is 84.9 Å². The molecule has 0 aromatic rings. The van der Waals surface area contributed by atoms with Crippen LogP contribution < -0.4 is 5.32 Å². The second-order valence-corrected chi connectivity index (χ2v) is 4.91. The third kappa shape index (κ3) is 3.64. The van der Waals surface area contributed by atoms with Crippen molar-refractivity contribution in [2.75, 3.05) is 19.4 Å². The number of hydrogen-bond acceptors (Lipinski definition) is 7. The molecule has 0 aliphatic carbocycles. The molecule has 1 rings (SSSR count). The number of ether oxygens (including phenoxy) is 2. The van der Waals surface area contributed by atoms with Crippen LogP contribution in [0.4, 0.5) is 0 Å². The number of carbonyl (C=O) groups is 2. The van der Waals surface area contributed by atoms with E-state index in [1.807, 2.05) is 0 Å². The highest BCUT2D eigenvalue weighted by atomic mass is 32.2. The van der Waals surface area contributed by atoms with Crippen molar-refractivity contribution in [3.8, 4) is 0 Å². The molecule has 0 saturated carbocycles. The first-order valence-corrected chi connectivity index (χ1v) is 6.73. The number of aliphatic hydroxyl groups is 1. The minimum Gasteiger partial charge on any atom is -0.419 e. The summed E-state index contributed by atoms with van der Waals surface area (Å²) in [6, 6.07) is 0. The van der Waals surface area contributed by atoms with E-state index in [2.05, 4.69) is 5.32 Å². The maximum atomic E-state index is 11.8. The first-order valence-electron chi connectivity index (χ1n) is 5.51. The van der Waals surface area contributed by atoms with Crippen LogP contribution in [-0.4, -0.2) is 42.2 Å². The van der Waals surface area contributed by atoms with Gasteiger partial charge in [-0.05, 0) is 12.7 Å². The van der Waals surface area contributed by atoms with Gasteiger partial charge in [0.05, 0.1) is 5.03 Å². The van der Waals surface area contributed by atoms with Gasteiger partial charge < -0.3 is 19.9 Å². The second-order valence-electron chi connectivity index (χ2n) is 4.09. The summed E-state index contributed by atoms with van der Waals surface area (Å²) in [6.07, 6.45) is 2.25. The summed E-state index contributed by atoms with van der Waals surface area (Å²) in [5.74, 6) is -2.62. The lowest BCUT2D eigenvalue weighted by Gasteiger charge is -2.30. The number of cyclic esters (lactones) is 2. The molecule has 0 atom stereocenters. The van der Waals surface area contributed by atoms with E-state index in [0.717, 1.165) is 0 Å². The molecule has 1 fully saturated rings. The van der Waals surface area contributed by atoms with E-state index in [-0.39, 0.29) is 12.2 Å². The quantitative estimate of drug-likeness (QED) is 0.324. The normalized spacial score (nSPS) is 18.1. The van der Waals surface area contributed by atoms with E-state index >= 15 is 0 Å². The Morgan fingerprint density at radius 1 is 1.33 bits per heavy atom. The minimum absolute atomic E-state index is 0.0336. The molecule has 0 radical (unpaired) electrons. The van der Waals surface area contributed by atoms with E-state index in [9.17, 15) is 9.59 Å². The summed E-state index contributed by atoms with van der Waals surface area (Å²) < 4.78 is 10.0. The lowest BCUT2D eigenvalue weighted by molar-refractivity contribution is -0.222. The molecule has 2 N–H and O–H groups in total. The largest absolute Gasteiger partial charge is 0.419 e. The number of hydrogen-bond donors (Lipinski definition) is 2. The van der Waals surface area contributed by atoms with Gasteiger partial charge in [-0.3, -0.25) is 0 Å². The minimum atomic E-state index is -1.23. The summed E-state index contributed by atoms with van der Waals surface area (Å²) in [7, 11) is 0. The Morgan fingerprint density at radius 2 is 1.89 bits per heavy atom. The van der Waals surface area contributed by atoms with Crippen molar-refractivity contribution in [1.82, 2.24) is 5.32 Å². The van der Waals surface area contributed by atoms with Gasteiger partial charge in [-0.15, -0.1) is 11.8 Å². The SMILES string of the molecule is CSC(NCCCO)=C1C(=O)OC(C)(C)OC1=O. The number of esters is 2. The first kappa shape index (κ1) is 14.8. The molecule has 102 valence electrons. The Kier molecular flexibility index (Phi) is 5.03. The van der Waals surface area contributed by atoms with Crippen molar-refractivity contribution in [1.29, 1.82) is 0 Å². The molecule has 0 aromatic carbocycles. The fraction of sp³-hybridized carbons (Fsp3) is 0.636. The fourth-order valence-electron chi connectivity index (χ4n) is 1.38. The van der Waals surface area contributed by atoms with E-state index in [4.69, 9.17) is 14.6 Å². The fourth-order valence-corrected chi connectivity index (χ4v) is 2.00. The third-order valence-corrected chi connectivity index (χ3v) is 2.89. The van der Waals surface area contributed by atoms with Crippen molar-refractivity contribution < 1.29 is 24.2 Å². The molecule has 1 saturated heterocycles. The molecule has 0 spiro atoms. The monoisotopic (exact) mass is 275 g/mol. The van der Waals surface area contributed by atoms with Gasteiger partial charge in [0, 0.05) is 27.0 Å². The highest BCUT2D eigenvalue weighted by molar-refractivity contribution is 8.02. The molecule has 1 aliphatic heterocycles. The molecule has 6 nitrogen and oxygen atoms in total. The maximum absolute atomic E-state index is 11.8. The summed E-state index contributed by atoms with van der Waals surface area (Å²) in [6.45, 7) is 3.49. The Balaban J connectivity index is 2.89. The number of aliphatic hydroxyl groups excluding tert-OH is 1. The zero-order valence-corrected chi connectivity index (χ0v) is 11.4. The average Bonchev–Trinajstić information content (AvgIpc) is 2.24. The van der Waals surface area contributed by atoms with Gasteiger partial charge >= 0.3 is 11.9 Å². The van der Waals surface area contributed by atoms with E-state index in [1.54, 1.807) is 6.26 Å². The van der Waals surface area contributed by atoms with Gasteiger partial charge in [0.25, 0.3) is 5.79 Å². The zero-order chi connectivity index (χ0) is 13.8. The van der Waals surface area contributed by atoms with Gasteiger partial charge in [0.15, 0.2) is 5.57 Å². The summed E-state index contributed by atoms with van der Waals surface area (Å²) in [5.41, 5.74) is -0.125. The summed E-state index contributed by atoms with van der Waals surface area (Å²) in [5, 5.41) is 12.0. The number of carbonyl (C=O) groups excluding carboxylic acids is 2. The van der Waals surface area contributed by atoms with Crippen molar-refractivity contribution >= 4 is 23.7 Å². The standard InChI is InChI=1S/C11H17NO5S/c1-11(2)16-9(14)7(10(15)17-11)8(18-3)12-5-4-6-13/h12-13H,4-6H2,1-3H3. The van der Waals surface area contributed by atoms with Crippen LogP contribution in [0.2, 0.25) is 0 Å². The molecule has 0 amide bonds. The Morgan fingerprint density at radius 3 is 2.33 bits per heavy atom. The van der Waals surface area contributed by atoms with Crippen LogP contribution >= 0.6 is 11.8 Å². The zero-order valence-electron chi connectivity index (χ0n) is 10.6. The Hall–Kier alpha value is -1.21. The van der Waals surface area contributed by atoms with E-state index < -0.39 is 17.7 Å². The molecule has 1 aliphatic rings. The van der Waals surface area contributed by atoms with Crippen LogP contribution in [0.15, 0.2) is 10.6 Å². The molecular formula is C11H17NO5S. The number of thioether (sulfide) groups is 1. The van der Waals surface area contributed by atoms with Crippen molar-refractivity contribution in [3.63, 3.8) is 0 Å². The summed E-state index contributed by atoms with van der Waals surface area (Å²) in [4.78, 5) is 23.5. The predicted molar refractivity (Wildman–Crippen MR) is 66.5 cm³/mol. The molecule has 0 aromatic heterocycles. The van der Waals surface area contributed by atoms with Crippen molar-refractivity contribution in [2.45, 2.75) is 26.1 Å². The van der Waals surface area contributed by atoms with Crippen LogP contribution in [-0.2, 0) is 19.1 Å². The second kappa shape index (κ2) is 6.10. The van der Waals surface area contributed by atoms with Crippen LogP contribution in [0.5, 0.6) is 0 Å². The van der Waals surface area contributed by atoms with Crippen LogP contribution in [0.1, 0.15) is 20.3 Å². The maximum Gasteiger partial charge on any atom is 0.351 e. The molecule has 1 heterocycles. The van der Waals surface area contributed by atoms with Gasteiger partial charge in [0.2, 0.25) is 0 Å². The summed E-state index contributed by atoms with van der Waals surface area (Å²) >= 11 is 1.22. The smallest absolute Gasteiger partial charge is 0.351 e.